The van der Waals surface area contributed by atoms with E-state index in [-0.39, 0.29) is 23.5 Å². The van der Waals surface area contributed by atoms with Crippen molar-refractivity contribution in [3.63, 3.8) is 0 Å². The second-order valence-corrected chi connectivity index (χ2v) is 8.89. The van der Waals surface area contributed by atoms with Crippen LogP contribution >= 0.6 is 0 Å². The van der Waals surface area contributed by atoms with Gasteiger partial charge in [0.05, 0.1) is 6.04 Å². The minimum Gasteiger partial charge on any atom is -0.335 e. The Balaban J connectivity index is 1.28. The van der Waals surface area contributed by atoms with Crippen LogP contribution in [-0.4, -0.2) is 80.2 Å². The van der Waals surface area contributed by atoms with Crippen LogP contribution in [0.3, 0.4) is 0 Å². The number of amides is 2. The molecule has 5 rings (SSSR count). The Hall–Kier alpha value is -4.56. The summed E-state index contributed by atoms with van der Waals surface area (Å²) in [6, 6.07) is 12.5. The van der Waals surface area contributed by atoms with Crippen LogP contribution in [-0.2, 0) is 4.79 Å². The Kier molecular flexibility index (Phi) is 7.65. The third-order valence-corrected chi connectivity index (χ3v) is 6.29. The lowest BCUT2D eigenvalue weighted by atomic mass is 10.0. The van der Waals surface area contributed by atoms with Crippen molar-refractivity contribution in [2.24, 2.45) is 5.10 Å². The number of pyridine rings is 1. The minimum atomic E-state index is -2.80. The number of carbonyl (C=O) groups is 2. The maximum Gasteiger partial charge on any atom is 0.344 e. The summed E-state index contributed by atoms with van der Waals surface area (Å²) < 4.78 is 26.3. The van der Waals surface area contributed by atoms with Gasteiger partial charge in [-0.2, -0.15) is 8.78 Å². The lowest BCUT2D eigenvalue weighted by Crippen LogP contribution is -2.53. The summed E-state index contributed by atoms with van der Waals surface area (Å²) in [5.41, 5.74) is 7.70. The number of aromatic nitrogens is 3. The summed E-state index contributed by atoms with van der Waals surface area (Å²) >= 11 is 0. The van der Waals surface area contributed by atoms with E-state index in [1.807, 2.05) is 30.3 Å². The fourth-order valence-electron chi connectivity index (χ4n) is 4.44. The van der Waals surface area contributed by atoms with Gasteiger partial charge in [-0.25, -0.2) is 9.97 Å². The predicted octanol–water partition coefficient (Wildman–Crippen LogP) is 1.86. The Morgan fingerprint density at radius 2 is 1.69 bits per heavy atom. The van der Waals surface area contributed by atoms with Gasteiger partial charge in [0.1, 0.15) is 5.69 Å². The van der Waals surface area contributed by atoms with Gasteiger partial charge in [0.15, 0.2) is 5.84 Å². The molecule has 4 heterocycles. The van der Waals surface area contributed by atoms with Gasteiger partial charge in [0.25, 0.3) is 5.91 Å². The van der Waals surface area contributed by atoms with Gasteiger partial charge in [-0.05, 0) is 23.3 Å². The quantitative estimate of drug-likeness (QED) is 0.387. The van der Waals surface area contributed by atoms with Crippen molar-refractivity contribution in [3.05, 3.63) is 72.3 Å². The summed E-state index contributed by atoms with van der Waals surface area (Å²) in [7, 11) is 0. The number of hydrazine groups is 2. The summed E-state index contributed by atoms with van der Waals surface area (Å²) in [6.07, 6.45) is 4.68. The monoisotopic (exact) mass is 536 g/mol. The van der Waals surface area contributed by atoms with Gasteiger partial charge >= 0.3 is 6.55 Å². The molecule has 0 spiro atoms. The summed E-state index contributed by atoms with van der Waals surface area (Å²) in [5.74, 6) is 0.0570. The van der Waals surface area contributed by atoms with Crippen LogP contribution in [0.5, 0.6) is 0 Å². The molecule has 1 unspecified atom stereocenters. The van der Waals surface area contributed by atoms with Crippen LogP contribution in [0.2, 0.25) is 0 Å². The summed E-state index contributed by atoms with van der Waals surface area (Å²) in [6.45, 7) is 0.407. The van der Waals surface area contributed by atoms with E-state index in [1.165, 1.54) is 6.92 Å². The maximum absolute atomic E-state index is 13.3. The fourth-order valence-corrected chi connectivity index (χ4v) is 4.44. The molecule has 14 heteroatoms. The average Bonchev–Trinajstić information content (AvgIpc) is 3.44. The number of carbonyl (C=O) groups excluding carboxylic acids is 2. The van der Waals surface area contributed by atoms with Crippen LogP contribution in [0, 0.1) is 0 Å². The van der Waals surface area contributed by atoms with Crippen LogP contribution < -0.4 is 16.3 Å². The lowest BCUT2D eigenvalue weighted by molar-refractivity contribution is -0.114. The topological polar surface area (TPSA) is 131 Å². The first-order chi connectivity index (χ1) is 18.9. The molecule has 1 aromatic carbocycles. The van der Waals surface area contributed by atoms with Gasteiger partial charge < -0.3 is 4.90 Å². The smallest absolute Gasteiger partial charge is 0.335 e. The molecule has 39 heavy (non-hydrogen) atoms. The molecule has 0 radical (unpaired) electrons. The van der Waals surface area contributed by atoms with E-state index in [0.717, 1.165) is 5.56 Å². The maximum atomic E-state index is 13.3. The molecular weight excluding hydrogens is 510 g/mol. The summed E-state index contributed by atoms with van der Waals surface area (Å²) in [4.78, 5) is 40.8. The first kappa shape index (κ1) is 26.1. The molecule has 1 fully saturated rings. The van der Waals surface area contributed by atoms with Crippen molar-refractivity contribution in [1.82, 2.24) is 40.8 Å². The molecule has 3 N–H and O–H groups in total. The van der Waals surface area contributed by atoms with Crippen LogP contribution in [0.25, 0.3) is 11.1 Å². The van der Waals surface area contributed by atoms with Gasteiger partial charge in [-0.15, -0.1) is 15.8 Å². The zero-order valence-electron chi connectivity index (χ0n) is 21.0. The Labute approximate surface area is 222 Å². The number of alkyl halides is 2. The standard InChI is InChI=1S/C25H26F2N10O2/c1-16(38)31-25-29-14-19(15-30-25)18-7-8-28-20(13-18)23(39)36-11-9-35(10-12-36)21(17-5-3-2-4-6-17)22-32-34-37(33-22)24(26)27/h2-8,13-15,21,24,34H,9-12H2,1H3,(H,32,33)(H,29,30,31,38). The molecule has 0 bridgehead atoms. The number of halogens is 2. The van der Waals surface area contributed by atoms with Gasteiger partial charge in [-0.3, -0.25) is 30.2 Å². The van der Waals surface area contributed by atoms with Crippen molar-refractivity contribution in [3.8, 4) is 11.1 Å². The highest BCUT2D eigenvalue weighted by Crippen LogP contribution is 2.26. The van der Waals surface area contributed by atoms with Gasteiger partial charge in [0, 0.05) is 57.3 Å². The highest BCUT2D eigenvalue weighted by molar-refractivity contribution is 5.94. The molecule has 12 nitrogen and oxygen atoms in total. The summed E-state index contributed by atoms with van der Waals surface area (Å²) in [5, 5.41) is 7.00. The Bertz CT molecular complexity index is 1350. The van der Waals surface area contributed by atoms with Crippen molar-refractivity contribution in [2.45, 2.75) is 19.5 Å². The molecular formula is C25H26F2N10O2. The third kappa shape index (κ3) is 5.97. The number of hydrazone groups is 1. The first-order valence-electron chi connectivity index (χ1n) is 12.2. The molecule has 202 valence electrons. The second kappa shape index (κ2) is 11.4. The number of amidine groups is 1. The van der Waals surface area contributed by atoms with E-state index in [2.05, 4.69) is 41.2 Å². The number of anilines is 1. The van der Waals surface area contributed by atoms with E-state index in [9.17, 15) is 18.4 Å². The molecule has 2 aromatic heterocycles. The molecule has 1 saturated heterocycles. The molecule has 0 saturated carbocycles. The zero-order chi connectivity index (χ0) is 27.4. The van der Waals surface area contributed by atoms with E-state index >= 15 is 0 Å². The van der Waals surface area contributed by atoms with Crippen LogP contribution in [0.1, 0.15) is 29.0 Å². The number of nitrogens with one attached hydrogen (secondary N) is 3. The highest BCUT2D eigenvalue weighted by atomic mass is 19.3. The first-order valence-corrected chi connectivity index (χ1v) is 12.2. The van der Waals surface area contributed by atoms with Crippen molar-refractivity contribution < 1.29 is 18.4 Å². The highest BCUT2D eigenvalue weighted by Gasteiger charge is 2.34. The minimum absolute atomic E-state index is 0.194. The molecule has 2 amide bonds. The number of rotatable bonds is 7. The zero-order valence-corrected chi connectivity index (χ0v) is 21.0. The van der Waals surface area contributed by atoms with Gasteiger partial charge in [0.2, 0.25) is 11.9 Å². The Morgan fingerprint density at radius 1 is 0.974 bits per heavy atom. The predicted molar refractivity (Wildman–Crippen MR) is 138 cm³/mol. The molecule has 1 atom stereocenters. The molecule has 2 aliphatic rings. The van der Waals surface area contributed by atoms with Crippen molar-refractivity contribution in [1.29, 1.82) is 0 Å². The fraction of sp³-hybridized carbons (Fsp3) is 0.280. The number of piperazine rings is 1. The SMILES string of the molecule is CC(=O)Nc1ncc(-c2ccnc(C(=O)N3CCN(C(C4=NN(C(F)F)NN4)c4ccccc4)CC3)c2)cn1. The van der Waals surface area contributed by atoms with Crippen molar-refractivity contribution >= 4 is 23.6 Å². The lowest BCUT2D eigenvalue weighted by Gasteiger charge is -2.39. The number of hydrogen-bond donors (Lipinski definition) is 3. The normalized spacial score (nSPS) is 16.6. The number of hydrogen-bond acceptors (Lipinski definition) is 10. The second-order valence-electron chi connectivity index (χ2n) is 8.89. The van der Waals surface area contributed by atoms with Crippen molar-refractivity contribution in [2.75, 3.05) is 31.5 Å². The number of nitrogens with zero attached hydrogens (tertiary/aromatic N) is 7. The molecule has 3 aromatic rings. The molecule has 2 aliphatic heterocycles. The van der Waals surface area contributed by atoms with Gasteiger partial charge in [-0.1, -0.05) is 30.3 Å². The van der Waals surface area contributed by atoms with E-state index in [4.69, 9.17) is 0 Å². The molecule has 0 aliphatic carbocycles. The van der Waals surface area contributed by atoms with Crippen LogP contribution in [0.4, 0.5) is 14.7 Å². The third-order valence-electron chi connectivity index (χ3n) is 6.29. The van der Waals surface area contributed by atoms with E-state index in [0.29, 0.717) is 48.3 Å². The average molecular weight is 537 g/mol. The van der Waals surface area contributed by atoms with E-state index in [1.54, 1.807) is 35.6 Å². The number of benzene rings is 1. The largest absolute Gasteiger partial charge is 0.344 e. The van der Waals surface area contributed by atoms with E-state index < -0.39 is 12.6 Å². The van der Waals surface area contributed by atoms with Crippen LogP contribution in [0.15, 0.2) is 66.2 Å². The Morgan fingerprint density at radius 3 is 2.33 bits per heavy atom.